The van der Waals surface area contributed by atoms with Crippen LogP contribution in [-0.2, 0) is 14.3 Å². The summed E-state index contributed by atoms with van der Waals surface area (Å²) < 4.78 is 5.66. The van der Waals surface area contributed by atoms with Gasteiger partial charge in [-0.3, -0.25) is 9.59 Å². The van der Waals surface area contributed by atoms with Gasteiger partial charge in [0.15, 0.2) is 0 Å². The van der Waals surface area contributed by atoms with Crippen molar-refractivity contribution in [2.45, 2.75) is 57.0 Å². The number of nitrogens with one attached hydrogen (secondary N) is 2. The number of aliphatic carboxylic acids is 1. The smallest absolute Gasteiger partial charge is 0.408 e. The number of carboxylic acids is 1. The van der Waals surface area contributed by atoms with Crippen molar-refractivity contribution in [1.82, 2.24) is 10.6 Å². The molecule has 3 N–H and O–H groups in total. The second kappa shape index (κ2) is 9.25. The van der Waals surface area contributed by atoms with Crippen LogP contribution in [0.5, 0.6) is 0 Å². The van der Waals surface area contributed by atoms with Gasteiger partial charge in [-0.15, -0.1) is 0 Å². The summed E-state index contributed by atoms with van der Waals surface area (Å²) in [4.78, 5) is 37.2. The maximum Gasteiger partial charge on any atom is 0.408 e. The minimum absolute atomic E-state index is 0.0785. The van der Waals surface area contributed by atoms with Crippen LogP contribution in [0.3, 0.4) is 0 Å². The Morgan fingerprint density at radius 3 is 2.27 bits per heavy atom. The summed E-state index contributed by atoms with van der Waals surface area (Å²) in [5.74, 6) is -1.45. The third-order valence-electron chi connectivity index (χ3n) is 6.84. The fraction of sp³-hybridized carbons (Fsp3) is 0.423. The lowest BCUT2D eigenvalue weighted by atomic mass is 9.75. The number of carbonyl (C=O) groups excluding carboxylic acids is 2. The Bertz CT molecular complexity index is 1020. The number of hydrogen-bond acceptors (Lipinski definition) is 4. The molecule has 1 saturated carbocycles. The molecule has 2 amide bonds. The van der Waals surface area contributed by atoms with Crippen LogP contribution in [0, 0.1) is 5.92 Å². The summed E-state index contributed by atoms with van der Waals surface area (Å²) in [6, 6.07) is 15.1. The number of hydrogen-bond donors (Lipinski definition) is 3. The van der Waals surface area contributed by atoms with Gasteiger partial charge in [0.1, 0.15) is 18.2 Å². The molecule has 7 heteroatoms. The largest absolute Gasteiger partial charge is 0.480 e. The molecule has 0 saturated heterocycles. The van der Waals surface area contributed by atoms with Crippen LogP contribution in [0.2, 0.25) is 0 Å². The van der Waals surface area contributed by atoms with Crippen LogP contribution < -0.4 is 10.6 Å². The Morgan fingerprint density at radius 2 is 1.70 bits per heavy atom. The van der Waals surface area contributed by atoms with Gasteiger partial charge >= 0.3 is 12.1 Å². The standard InChI is InChI=1S/C26H30N2O5/c1-16-8-7-13-26(14-16,24(31)27-17(2)23(29)30)28-25(32)33-15-22-20-11-5-3-9-18(20)19-10-4-6-12-21(19)22/h3-6,9-12,16-17,22H,7-8,13-15H2,1-2H3,(H,27,31)(H,28,32)(H,29,30)/t16?,17-,26?/m1/s1. The van der Waals surface area contributed by atoms with Crippen molar-refractivity contribution in [1.29, 1.82) is 0 Å². The quantitative estimate of drug-likeness (QED) is 0.616. The number of amides is 2. The predicted molar refractivity (Wildman–Crippen MR) is 124 cm³/mol. The van der Waals surface area contributed by atoms with Gasteiger partial charge in [0.05, 0.1) is 0 Å². The molecule has 0 aromatic heterocycles. The summed E-state index contributed by atoms with van der Waals surface area (Å²) in [6.45, 7) is 3.59. The minimum Gasteiger partial charge on any atom is -0.480 e. The first-order chi connectivity index (χ1) is 15.8. The molecule has 0 spiro atoms. The first kappa shape index (κ1) is 22.8. The zero-order valence-corrected chi connectivity index (χ0v) is 19.0. The average molecular weight is 451 g/mol. The van der Waals surface area contributed by atoms with Crippen molar-refractivity contribution in [2.24, 2.45) is 5.92 Å². The van der Waals surface area contributed by atoms with Gasteiger partial charge in [-0.2, -0.15) is 0 Å². The lowest BCUT2D eigenvalue weighted by Crippen LogP contribution is -2.62. The number of fused-ring (bicyclic) bond motifs is 3. The van der Waals surface area contributed by atoms with Crippen LogP contribution >= 0.6 is 0 Å². The number of rotatable bonds is 6. The maximum absolute atomic E-state index is 13.1. The molecule has 0 heterocycles. The fourth-order valence-corrected chi connectivity index (χ4v) is 5.15. The highest BCUT2D eigenvalue weighted by atomic mass is 16.5. The highest BCUT2D eigenvalue weighted by molar-refractivity contribution is 5.92. The minimum atomic E-state index is -1.18. The Morgan fingerprint density at radius 1 is 1.09 bits per heavy atom. The van der Waals surface area contributed by atoms with Crippen molar-refractivity contribution < 1.29 is 24.2 Å². The van der Waals surface area contributed by atoms with Crippen molar-refractivity contribution in [2.75, 3.05) is 6.61 Å². The SMILES string of the molecule is CC1CCCC(NC(=O)OCC2c3ccccc3-c3ccccc32)(C(=O)N[C@H](C)C(=O)O)C1. The molecule has 2 aliphatic rings. The Kier molecular flexibility index (Phi) is 6.40. The van der Waals surface area contributed by atoms with E-state index in [2.05, 4.69) is 22.8 Å². The molecule has 2 aliphatic carbocycles. The fourth-order valence-electron chi connectivity index (χ4n) is 5.15. The van der Waals surface area contributed by atoms with E-state index in [4.69, 9.17) is 4.74 Å². The molecule has 0 radical (unpaired) electrons. The van der Waals surface area contributed by atoms with Crippen LogP contribution in [0.1, 0.15) is 56.6 Å². The van der Waals surface area contributed by atoms with E-state index in [0.717, 1.165) is 35.1 Å². The Hall–Kier alpha value is -3.35. The first-order valence-electron chi connectivity index (χ1n) is 11.5. The zero-order valence-electron chi connectivity index (χ0n) is 19.0. The molecule has 3 atom stereocenters. The van der Waals surface area contributed by atoms with E-state index in [1.54, 1.807) is 0 Å². The first-order valence-corrected chi connectivity index (χ1v) is 11.5. The van der Waals surface area contributed by atoms with Crippen LogP contribution in [0.25, 0.3) is 11.1 Å². The molecule has 2 aromatic rings. The number of alkyl carbamates (subject to hydrolysis) is 1. The third-order valence-corrected chi connectivity index (χ3v) is 6.84. The molecule has 2 unspecified atom stereocenters. The summed E-state index contributed by atoms with van der Waals surface area (Å²) in [5.41, 5.74) is 3.33. The van der Waals surface area contributed by atoms with Gasteiger partial charge in [-0.1, -0.05) is 68.3 Å². The predicted octanol–water partition coefficient (Wildman–Crippen LogP) is 4.06. The average Bonchev–Trinajstić information content (AvgIpc) is 3.11. The topological polar surface area (TPSA) is 105 Å². The van der Waals surface area contributed by atoms with Crippen molar-refractivity contribution in [3.05, 3.63) is 59.7 Å². The van der Waals surface area contributed by atoms with Gasteiger partial charge in [-0.25, -0.2) is 4.79 Å². The molecule has 0 aliphatic heterocycles. The lowest BCUT2D eigenvalue weighted by molar-refractivity contribution is -0.142. The number of carbonyl (C=O) groups is 3. The van der Waals surface area contributed by atoms with Crippen LogP contribution in [-0.4, -0.2) is 41.3 Å². The lowest BCUT2D eigenvalue weighted by Gasteiger charge is -2.39. The van der Waals surface area contributed by atoms with Gasteiger partial charge in [0.25, 0.3) is 0 Å². The Balaban J connectivity index is 1.48. The molecular weight excluding hydrogens is 420 g/mol. The molecule has 2 aromatic carbocycles. The molecule has 33 heavy (non-hydrogen) atoms. The molecular formula is C26H30N2O5. The van der Waals surface area contributed by atoms with Gasteiger partial charge in [0.2, 0.25) is 5.91 Å². The van der Waals surface area contributed by atoms with E-state index >= 15 is 0 Å². The number of ether oxygens (including phenoxy) is 1. The molecule has 174 valence electrons. The highest BCUT2D eigenvalue weighted by Gasteiger charge is 2.44. The monoisotopic (exact) mass is 450 g/mol. The number of carboxylic acid groups (broad SMARTS) is 1. The normalized spacial score (nSPS) is 22.5. The van der Waals surface area contributed by atoms with Crippen molar-refractivity contribution >= 4 is 18.0 Å². The van der Waals surface area contributed by atoms with E-state index in [1.807, 2.05) is 43.3 Å². The molecule has 4 rings (SSSR count). The Labute approximate surface area is 193 Å². The van der Waals surface area contributed by atoms with Crippen molar-refractivity contribution in [3.63, 3.8) is 0 Å². The highest BCUT2D eigenvalue weighted by Crippen LogP contribution is 2.44. The summed E-state index contributed by atoms with van der Waals surface area (Å²) in [6.07, 6.45) is 1.94. The van der Waals surface area contributed by atoms with Crippen LogP contribution in [0.4, 0.5) is 4.79 Å². The van der Waals surface area contributed by atoms with Gasteiger partial charge in [0, 0.05) is 5.92 Å². The van der Waals surface area contributed by atoms with Crippen molar-refractivity contribution in [3.8, 4) is 11.1 Å². The van der Waals surface area contributed by atoms with E-state index in [0.29, 0.717) is 12.8 Å². The molecule has 0 bridgehead atoms. The zero-order chi connectivity index (χ0) is 23.6. The summed E-state index contributed by atoms with van der Waals surface area (Å²) >= 11 is 0. The summed E-state index contributed by atoms with van der Waals surface area (Å²) in [5, 5.41) is 14.5. The summed E-state index contributed by atoms with van der Waals surface area (Å²) in [7, 11) is 0. The number of benzene rings is 2. The van der Waals surface area contributed by atoms with E-state index in [1.165, 1.54) is 6.92 Å². The van der Waals surface area contributed by atoms with Crippen LogP contribution in [0.15, 0.2) is 48.5 Å². The van der Waals surface area contributed by atoms with E-state index < -0.39 is 29.6 Å². The maximum atomic E-state index is 13.1. The van der Waals surface area contributed by atoms with Gasteiger partial charge < -0.3 is 20.5 Å². The molecule has 1 fully saturated rings. The molecule has 7 nitrogen and oxygen atoms in total. The third kappa shape index (κ3) is 4.58. The second-order valence-corrected chi connectivity index (χ2v) is 9.27. The van der Waals surface area contributed by atoms with E-state index in [-0.39, 0.29) is 18.4 Å². The van der Waals surface area contributed by atoms with E-state index in [9.17, 15) is 19.5 Å². The van der Waals surface area contributed by atoms with Gasteiger partial charge in [-0.05, 0) is 47.9 Å². The second-order valence-electron chi connectivity index (χ2n) is 9.27.